The van der Waals surface area contributed by atoms with E-state index < -0.39 is 0 Å². The molecule has 1 aliphatic heterocycles. The van der Waals surface area contributed by atoms with Crippen LogP contribution in [-0.4, -0.2) is 35.8 Å². The van der Waals surface area contributed by atoms with Crippen LogP contribution in [0.4, 0.5) is 4.79 Å². The van der Waals surface area contributed by atoms with Gasteiger partial charge in [0.2, 0.25) is 0 Å². The van der Waals surface area contributed by atoms with Gasteiger partial charge in [-0.15, -0.1) is 0 Å². The smallest absolute Gasteiger partial charge is 0.317 e. The van der Waals surface area contributed by atoms with Gasteiger partial charge in [-0.25, -0.2) is 4.79 Å². The Bertz CT molecular complexity index is 184. The standard InChI is InChI=1S/C9H18N2OS/c1-7(2)5-8-6-11(3-4-13)9(12)10-8/h7-8,13H,3-6H2,1-2H3,(H,10,12). The van der Waals surface area contributed by atoms with Crippen LogP contribution in [-0.2, 0) is 0 Å². The number of carbonyl (C=O) groups excluding carboxylic acids is 1. The van der Waals surface area contributed by atoms with Crippen molar-refractivity contribution < 1.29 is 4.79 Å². The highest BCUT2D eigenvalue weighted by molar-refractivity contribution is 7.80. The summed E-state index contributed by atoms with van der Waals surface area (Å²) in [6.45, 7) is 5.95. The molecule has 3 nitrogen and oxygen atoms in total. The number of thiol groups is 1. The molecule has 1 unspecified atom stereocenters. The molecule has 4 heteroatoms. The molecule has 0 radical (unpaired) electrons. The molecule has 0 aliphatic carbocycles. The van der Waals surface area contributed by atoms with Crippen LogP contribution in [0.3, 0.4) is 0 Å². The lowest BCUT2D eigenvalue weighted by molar-refractivity contribution is 0.220. The number of hydrogen-bond acceptors (Lipinski definition) is 2. The molecule has 76 valence electrons. The Balaban J connectivity index is 2.36. The molecule has 1 aliphatic rings. The van der Waals surface area contributed by atoms with Crippen molar-refractivity contribution in [3.05, 3.63) is 0 Å². The van der Waals surface area contributed by atoms with Gasteiger partial charge in [0.1, 0.15) is 0 Å². The van der Waals surface area contributed by atoms with E-state index in [2.05, 4.69) is 31.8 Å². The molecule has 1 rings (SSSR count). The van der Waals surface area contributed by atoms with E-state index >= 15 is 0 Å². The molecule has 1 heterocycles. The Kier molecular flexibility index (Phi) is 3.90. The third-order valence-corrected chi connectivity index (χ3v) is 2.38. The zero-order valence-electron chi connectivity index (χ0n) is 8.29. The number of urea groups is 1. The first kappa shape index (κ1) is 10.7. The second kappa shape index (κ2) is 4.74. The normalized spacial score (nSPS) is 22.6. The molecule has 1 atom stereocenters. The van der Waals surface area contributed by atoms with Gasteiger partial charge in [0.05, 0.1) is 0 Å². The van der Waals surface area contributed by atoms with Crippen LogP contribution >= 0.6 is 12.6 Å². The molecule has 1 N–H and O–H groups in total. The second-order valence-electron chi connectivity index (χ2n) is 3.95. The molecular formula is C9H18N2OS. The Hall–Kier alpha value is -0.380. The van der Waals surface area contributed by atoms with Crippen molar-refractivity contribution in [1.29, 1.82) is 0 Å². The summed E-state index contributed by atoms with van der Waals surface area (Å²) in [4.78, 5) is 13.2. The SMILES string of the molecule is CC(C)CC1CN(CCS)C(=O)N1. The lowest BCUT2D eigenvalue weighted by atomic mass is 10.0. The number of rotatable bonds is 4. The average molecular weight is 202 g/mol. The molecule has 0 spiro atoms. The molecule has 13 heavy (non-hydrogen) atoms. The van der Waals surface area contributed by atoms with E-state index in [0.29, 0.717) is 12.0 Å². The van der Waals surface area contributed by atoms with Crippen LogP contribution in [0.25, 0.3) is 0 Å². The van der Waals surface area contributed by atoms with E-state index in [1.54, 1.807) is 0 Å². The van der Waals surface area contributed by atoms with Gasteiger partial charge in [-0.2, -0.15) is 12.6 Å². The summed E-state index contributed by atoms with van der Waals surface area (Å²) in [5, 5.41) is 2.97. The van der Waals surface area contributed by atoms with Crippen LogP contribution in [0.1, 0.15) is 20.3 Å². The fourth-order valence-electron chi connectivity index (χ4n) is 1.68. The summed E-state index contributed by atoms with van der Waals surface area (Å²) in [5.74, 6) is 1.38. The highest BCUT2D eigenvalue weighted by Crippen LogP contribution is 2.12. The molecule has 0 aromatic carbocycles. The maximum Gasteiger partial charge on any atom is 0.317 e. The van der Waals surface area contributed by atoms with Crippen molar-refractivity contribution in [2.45, 2.75) is 26.3 Å². The molecule has 2 amide bonds. The summed E-state index contributed by atoms with van der Waals surface area (Å²) >= 11 is 4.11. The summed E-state index contributed by atoms with van der Waals surface area (Å²) < 4.78 is 0. The van der Waals surface area contributed by atoms with E-state index in [1.807, 2.05) is 4.90 Å². The van der Waals surface area contributed by atoms with Gasteiger partial charge in [-0.3, -0.25) is 0 Å². The third kappa shape index (κ3) is 3.10. The van der Waals surface area contributed by atoms with Crippen LogP contribution in [0.5, 0.6) is 0 Å². The van der Waals surface area contributed by atoms with Gasteiger partial charge >= 0.3 is 6.03 Å². The molecule has 0 bridgehead atoms. The van der Waals surface area contributed by atoms with Crippen LogP contribution in [0, 0.1) is 5.92 Å². The van der Waals surface area contributed by atoms with Gasteiger partial charge < -0.3 is 10.2 Å². The molecule has 0 aromatic heterocycles. The maximum atomic E-state index is 11.3. The van der Waals surface area contributed by atoms with E-state index in [4.69, 9.17) is 0 Å². The number of amides is 2. The van der Waals surface area contributed by atoms with Gasteiger partial charge in [-0.05, 0) is 12.3 Å². The number of carbonyl (C=O) groups is 1. The van der Waals surface area contributed by atoms with E-state index in [1.165, 1.54) is 0 Å². The van der Waals surface area contributed by atoms with Crippen LogP contribution in [0.15, 0.2) is 0 Å². The Morgan fingerprint density at radius 2 is 2.38 bits per heavy atom. The minimum Gasteiger partial charge on any atom is -0.333 e. The predicted molar refractivity (Wildman–Crippen MR) is 57.2 cm³/mol. The molecule has 1 fully saturated rings. The monoisotopic (exact) mass is 202 g/mol. The van der Waals surface area contributed by atoms with Crippen molar-refractivity contribution in [3.63, 3.8) is 0 Å². The largest absolute Gasteiger partial charge is 0.333 e. The molecular weight excluding hydrogens is 184 g/mol. The van der Waals surface area contributed by atoms with E-state index in [0.717, 1.165) is 25.3 Å². The van der Waals surface area contributed by atoms with Gasteiger partial charge in [0.15, 0.2) is 0 Å². The Morgan fingerprint density at radius 3 is 2.92 bits per heavy atom. The lowest BCUT2D eigenvalue weighted by Crippen LogP contribution is -2.30. The fourth-order valence-corrected chi connectivity index (χ4v) is 1.92. The number of nitrogens with zero attached hydrogens (tertiary/aromatic N) is 1. The summed E-state index contributed by atoms with van der Waals surface area (Å²) in [7, 11) is 0. The molecule has 1 saturated heterocycles. The van der Waals surface area contributed by atoms with Crippen LogP contribution in [0.2, 0.25) is 0 Å². The highest BCUT2D eigenvalue weighted by atomic mass is 32.1. The van der Waals surface area contributed by atoms with Crippen molar-refractivity contribution in [2.24, 2.45) is 5.92 Å². The molecule has 0 saturated carbocycles. The number of nitrogens with one attached hydrogen (secondary N) is 1. The highest BCUT2D eigenvalue weighted by Gasteiger charge is 2.27. The summed E-state index contributed by atoms with van der Waals surface area (Å²) in [6, 6.07) is 0.409. The predicted octanol–water partition coefficient (Wildman–Crippen LogP) is 1.36. The van der Waals surface area contributed by atoms with Gasteiger partial charge in [-0.1, -0.05) is 13.8 Å². The fraction of sp³-hybridized carbons (Fsp3) is 0.889. The first-order chi connectivity index (χ1) is 6.13. The first-order valence-electron chi connectivity index (χ1n) is 4.79. The summed E-state index contributed by atoms with van der Waals surface area (Å²) in [5.41, 5.74) is 0. The van der Waals surface area contributed by atoms with Gasteiger partial charge in [0.25, 0.3) is 0 Å². The minimum absolute atomic E-state index is 0.0692. The Morgan fingerprint density at radius 1 is 1.69 bits per heavy atom. The zero-order valence-corrected chi connectivity index (χ0v) is 9.18. The Labute approximate surface area is 85.3 Å². The molecule has 0 aromatic rings. The minimum atomic E-state index is 0.0692. The quantitative estimate of drug-likeness (QED) is 0.663. The maximum absolute atomic E-state index is 11.3. The van der Waals surface area contributed by atoms with Crippen molar-refractivity contribution in [1.82, 2.24) is 10.2 Å². The average Bonchev–Trinajstić information content (AvgIpc) is 2.31. The van der Waals surface area contributed by atoms with Crippen LogP contribution < -0.4 is 5.32 Å². The third-order valence-electron chi connectivity index (χ3n) is 2.18. The van der Waals surface area contributed by atoms with Crippen molar-refractivity contribution in [2.75, 3.05) is 18.8 Å². The second-order valence-corrected chi connectivity index (χ2v) is 4.39. The topological polar surface area (TPSA) is 32.3 Å². The van der Waals surface area contributed by atoms with Gasteiger partial charge in [0, 0.05) is 24.9 Å². The zero-order chi connectivity index (χ0) is 9.84. The summed E-state index contributed by atoms with van der Waals surface area (Å²) in [6.07, 6.45) is 1.06. The lowest BCUT2D eigenvalue weighted by Gasteiger charge is -2.13. The first-order valence-corrected chi connectivity index (χ1v) is 5.43. The van der Waals surface area contributed by atoms with E-state index in [9.17, 15) is 4.79 Å². The number of hydrogen-bond donors (Lipinski definition) is 2. The van der Waals surface area contributed by atoms with E-state index in [-0.39, 0.29) is 6.03 Å². The van der Waals surface area contributed by atoms with Crippen molar-refractivity contribution in [3.8, 4) is 0 Å². The van der Waals surface area contributed by atoms with Crippen molar-refractivity contribution >= 4 is 18.7 Å².